The molecule has 3 nitrogen and oxygen atoms in total. The number of hydrogen-bond acceptors (Lipinski definition) is 2. The van der Waals surface area contributed by atoms with Crippen LogP contribution in [0.3, 0.4) is 0 Å². The minimum atomic E-state index is -7.45. The zero-order valence-corrected chi connectivity index (χ0v) is 11.5. The maximum atomic E-state index is 13.9. The van der Waals surface area contributed by atoms with Crippen molar-refractivity contribution in [1.29, 1.82) is 0 Å². The number of hydrogen-bond donors (Lipinski definition) is 1. The van der Waals surface area contributed by atoms with E-state index in [1.165, 1.54) is 0 Å². The highest BCUT2D eigenvalue weighted by molar-refractivity contribution is 5.29. The van der Waals surface area contributed by atoms with E-state index in [1.807, 2.05) is 0 Å². The first kappa shape index (κ1) is 23.0. The Morgan fingerprint density at radius 3 is 1.41 bits per heavy atom. The fraction of sp³-hybridized carbons (Fsp3) is 0.667. The van der Waals surface area contributed by atoms with Crippen molar-refractivity contribution in [1.82, 2.24) is 9.97 Å². The Morgan fingerprint density at radius 1 is 0.667 bits per heavy atom. The molecule has 1 unspecified atom stereocenters. The van der Waals surface area contributed by atoms with Gasteiger partial charge in [-0.25, -0.2) is 4.39 Å². The van der Waals surface area contributed by atoms with Gasteiger partial charge in [-0.05, 0) is 0 Å². The van der Waals surface area contributed by atoms with Gasteiger partial charge in [-0.3, -0.25) is 0 Å². The molecule has 1 rings (SSSR count). The summed E-state index contributed by atoms with van der Waals surface area (Å²) in [4.78, 5) is 1.62. The van der Waals surface area contributed by atoms with Crippen LogP contribution in [-0.2, 0) is 11.8 Å². The molecule has 1 N–H and O–H groups in total. The van der Waals surface area contributed by atoms with Crippen molar-refractivity contribution in [3.8, 4) is 5.88 Å². The maximum absolute atomic E-state index is 13.9. The highest BCUT2D eigenvalue weighted by atomic mass is 19.4. The van der Waals surface area contributed by atoms with Crippen molar-refractivity contribution >= 4 is 0 Å². The van der Waals surface area contributed by atoms with E-state index < -0.39 is 53.9 Å². The molecule has 1 aromatic heterocycles. The quantitative estimate of drug-likeness (QED) is 0.655. The first-order valence-corrected chi connectivity index (χ1v) is 5.69. The van der Waals surface area contributed by atoms with E-state index >= 15 is 0 Å². The molecule has 0 saturated carbocycles. The Labute approximate surface area is 136 Å². The van der Waals surface area contributed by atoms with E-state index in [-0.39, 0.29) is 4.98 Å². The van der Waals surface area contributed by atoms with Gasteiger partial charge in [0.25, 0.3) is 5.88 Å². The number of nitrogens with zero attached hydrogens (tertiary/aromatic N) is 1. The number of alkyl halides is 15. The van der Waals surface area contributed by atoms with Crippen molar-refractivity contribution in [2.24, 2.45) is 0 Å². The fourth-order valence-electron chi connectivity index (χ4n) is 1.55. The average Bonchev–Trinajstić information content (AvgIpc) is 2.76. The number of halogens is 15. The highest BCUT2D eigenvalue weighted by Crippen LogP contribution is 2.58. The van der Waals surface area contributed by atoms with Gasteiger partial charge in [0, 0.05) is 0 Å². The standard InChI is InChI=1S/C9HF15N2O/c10-4(7(16,17)18,6(14,15)8(19,20)21)3-25-1(5(11,12)13)2(26-3)27-9(22,23)24/h(H,25,26). The molecule has 1 heterocycles. The van der Waals surface area contributed by atoms with Gasteiger partial charge in [0.05, 0.1) is 0 Å². The van der Waals surface area contributed by atoms with Crippen molar-refractivity contribution in [3.63, 3.8) is 0 Å². The molecule has 0 bridgehead atoms. The monoisotopic (exact) mass is 438 g/mol. The molecule has 0 fully saturated rings. The van der Waals surface area contributed by atoms with Gasteiger partial charge in [0.15, 0.2) is 11.5 Å². The first-order chi connectivity index (χ1) is 11.6. The van der Waals surface area contributed by atoms with Gasteiger partial charge in [0.2, 0.25) is 0 Å². The maximum Gasteiger partial charge on any atom is 0.574 e. The van der Waals surface area contributed by atoms with Crippen LogP contribution in [0.15, 0.2) is 0 Å². The number of imidazole rings is 1. The Hall–Kier alpha value is -2.04. The largest absolute Gasteiger partial charge is 0.574 e. The van der Waals surface area contributed by atoms with Crippen LogP contribution in [0.4, 0.5) is 65.9 Å². The lowest BCUT2D eigenvalue weighted by Gasteiger charge is -2.34. The van der Waals surface area contributed by atoms with E-state index in [2.05, 4.69) is 4.74 Å². The summed E-state index contributed by atoms with van der Waals surface area (Å²) in [6.07, 6.45) is -26.8. The van der Waals surface area contributed by atoms with Crippen molar-refractivity contribution in [2.45, 2.75) is 36.5 Å². The van der Waals surface area contributed by atoms with Crippen LogP contribution in [0.5, 0.6) is 5.88 Å². The smallest absolute Gasteiger partial charge is 0.386 e. The molecule has 0 amide bonds. The SMILES string of the molecule is FC(F)(F)Oc1nc(C(F)(C(F)(F)F)C(F)(F)C(F)(F)F)[nH]c1C(F)(F)F. The van der Waals surface area contributed by atoms with Crippen LogP contribution in [0.1, 0.15) is 11.5 Å². The normalized spacial score (nSPS) is 17.0. The molecule has 27 heavy (non-hydrogen) atoms. The molecule has 0 aliphatic carbocycles. The second-order valence-corrected chi connectivity index (χ2v) is 4.54. The van der Waals surface area contributed by atoms with Crippen LogP contribution in [-0.4, -0.2) is 34.6 Å². The molecule has 0 radical (unpaired) electrons. The number of H-pyrrole nitrogens is 1. The molecular formula is C9HF15N2O. The van der Waals surface area contributed by atoms with Gasteiger partial charge < -0.3 is 9.72 Å². The summed E-state index contributed by atoms with van der Waals surface area (Å²) in [5.74, 6) is -13.9. The topological polar surface area (TPSA) is 37.9 Å². The predicted molar refractivity (Wildman–Crippen MR) is 50.1 cm³/mol. The Bertz CT molecular complexity index is 677. The molecule has 1 atom stereocenters. The Balaban J connectivity index is 3.82. The van der Waals surface area contributed by atoms with E-state index in [4.69, 9.17) is 0 Å². The highest BCUT2D eigenvalue weighted by Gasteiger charge is 2.83. The fourth-order valence-corrected chi connectivity index (χ4v) is 1.55. The zero-order chi connectivity index (χ0) is 21.9. The molecule has 1 aromatic rings. The van der Waals surface area contributed by atoms with E-state index in [0.29, 0.717) is 0 Å². The van der Waals surface area contributed by atoms with Gasteiger partial charge >= 0.3 is 36.5 Å². The summed E-state index contributed by atoms with van der Waals surface area (Å²) in [5, 5.41) is 0. The van der Waals surface area contributed by atoms with Crippen LogP contribution < -0.4 is 4.74 Å². The summed E-state index contributed by atoms with van der Waals surface area (Å²) in [5.41, 5.74) is -10.1. The van der Waals surface area contributed by atoms with Crippen LogP contribution in [0.2, 0.25) is 0 Å². The number of aromatic nitrogens is 2. The van der Waals surface area contributed by atoms with Crippen molar-refractivity contribution in [2.75, 3.05) is 0 Å². The summed E-state index contributed by atoms with van der Waals surface area (Å²) in [7, 11) is 0. The lowest BCUT2D eigenvalue weighted by atomic mass is 9.95. The summed E-state index contributed by atoms with van der Waals surface area (Å²) in [6, 6.07) is 0. The third kappa shape index (κ3) is 3.97. The van der Waals surface area contributed by atoms with Gasteiger partial charge in [-0.15, -0.1) is 13.2 Å². The minimum absolute atomic E-state index is 0.0336. The van der Waals surface area contributed by atoms with Crippen LogP contribution >= 0.6 is 0 Å². The second-order valence-electron chi connectivity index (χ2n) is 4.54. The second kappa shape index (κ2) is 5.98. The lowest BCUT2D eigenvalue weighted by Crippen LogP contribution is -2.60. The van der Waals surface area contributed by atoms with Gasteiger partial charge in [-0.1, -0.05) is 0 Å². The molecule has 158 valence electrons. The number of nitrogens with one attached hydrogen (secondary N) is 1. The average molecular weight is 438 g/mol. The van der Waals surface area contributed by atoms with Gasteiger partial charge in [0.1, 0.15) is 0 Å². The Kier molecular flexibility index (Phi) is 5.09. The molecule has 18 heteroatoms. The molecule has 0 saturated heterocycles. The van der Waals surface area contributed by atoms with E-state index in [1.54, 1.807) is 4.98 Å². The van der Waals surface area contributed by atoms with E-state index in [0.717, 1.165) is 0 Å². The number of aromatic amines is 1. The minimum Gasteiger partial charge on any atom is -0.386 e. The molecule has 0 aliphatic rings. The number of rotatable bonds is 3. The van der Waals surface area contributed by atoms with Crippen LogP contribution in [0, 0.1) is 0 Å². The Morgan fingerprint density at radius 2 is 1.11 bits per heavy atom. The third-order valence-corrected chi connectivity index (χ3v) is 2.67. The molecule has 0 aliphatic heterocycles. The lowest BCUT2D eigenvalue weighted by molar-refractivity contribution is -0.391. The molecule has 0 spiro atoms. The predicted octanol–water partition coefficient (Wildman–Crippen LogP) is 5.25. The third-order valence-electron chi connectivity index (χ3n) is 2.67. The van der Waals surface area contributed by atoms with E-state index in [9.17, 15) is 65.9 Å². The number of ether oxygens (including phenoxy) is 1. The van der Waals surface area contributed by atoms with Crippen molar-refractivity contribution in [3.05, 3.63) is 11.5 Å². The summed E-state index contributed by atoms with van der Waals surface area (Å²) in [6.45, 7) is 0. The van der Waals surface area contributed by atoms with Crippen LogP contribution in [0.25, 0.3) is 0 Å². The van der Waals surface area contributed by atoms with Gasteiger partial charge in [-0.2, -0.15) is 53.3 Å². The summed E-state index contributed by atoms with van der Waals surface area (Å²) >= 11 is 0. The molecule has 0 aromatic carbocycles. The first-order valence-electron chi connectivity index (χ1n) is 5.69. The zero-order valence-electron chi connectivity index (χ0n) is 11.5. The summed E-state index contributed by atoms with van der Waals surface area (Å²) < 4.78 is 191. The van der Waals surface area contributed by atoms with Crippen molar-refractivity contribution < 1.29 is 70.6 Å². The molecular weight excluding hydrogens is 437 g/mol.